The lowest BCUT2D eigenvalue weighted by atomic mass is 10.1. The van der Waals surface area contributed by atoms with Gasteiger partial charge in [-0.3, -0.25) is 0 Å². The summed E-state index contributed by atoms with van der Waals surface area (Å²) in [6.45, 7) is 6.47. The molecule has 1 aliphatic heterocycles. The summed E-state index contributed by atoms with van der Waals surface area (Å²) < 4.78 is 6.38. The monoisotopic (exact) mass is 233 g/mol. The van der Waals surface area contributed by atoms with Gasteiger partial charge in [-0.05, 0) is 19.3 Å². The maximum atomic E-state index is 5.36. The molecule has 1 N–H and O–H groups in total. The Bertz CT molecular complexity index is 141. The molecule has 70 valence electrons. The second kappa shape index (κ2) is 5.73. The molecule has 0 bridgehead atoms. The van der Waals surface area contributed by atoms with Gasteiger partial charge in [0.2, 0.25) is 0 Å². The lowest BCUT2D eigenvalue weighted by molar-refractivity contribution is 0.143. The maximum Gasteiger partial charge on any atom is 0.0480 e. The molecule has 0 aromatic carbocycles. The fourth-order valence-corrected chi connectivity index (χ4v) is 1.52. The van der Waals surface area contributed by atoms with Gasteiger partial charge in [-0.15, -0.1) is 0 Å². The van der Waals surface area contributed by atoms with Crippen LogP contribution in [0.3, 0.4) is 0 Å². The molecule has 1 atom stereocenters. The van der Waals surface area contributed by atoms with E-state index in [1.54, 1.807) is 0 Å². The van der Waals surface area contributed by atoms with Gasteiger partial charge in [0.05, 0.1) is 0 Å². The molecular weight excluding hydrogens is 218 g/mol. The highest BCUT2D eigenvalue weighted by Crippen LogP contribution is 2.09. The van der Waals surface area contributed by atoms with Crippen molar-refractivity contribution in [1.82, 2.24) is 5.32 Å². The van der Waals surface area contributed by atoms with Crippen LogP contribution in [0.2, 0.25) is 0 Å². The van der Waals surface area contributed by atoms with Gasteiger partial charge in [-0.2, -0.15) is 0 Å². The smallest absolute Gasteiger partial charge is 0.0480 e. The first-order valence-electron chi connectivity index (χ1n) is 4.43. The molecule has 1 heterocycles. The molecule has 1 aliphatic rings. The van der Waals surface area contributed by atoms with Crippen molar-refractivity contribution in [3.05, 3.63) is 11.1 Å². The molecule has 0 spiro atoms. The average molecular weight is 234 g/mol. The summed E-state index contributed by atoms with van der Waals surface area (Å²) in [5.74, 6) is 0. The Hall–Kier alpha value is 0.140. The van der Waals surface area contributed by atoms with E-state index in [1.807, 2.05) is 0 Å². The zero-order valence-electron chi connectivity index (χ0n) is 7.31. The number of rotatable bonds is 3. The second-order valence-electron chi connectivity index (χ2n) is 3.14. The van der Waals surface area contributed by atoms with E-state index in [0.717, 1.165) is 30.7 Å². The fraction of sp³-hybridized carbons (Fsp3) is 0.778. The molecular formula is C9H16BrNO. The summed E-state index contributed by atoms with van der Waals surface area (Å²) in [5.41, 5.74) is 0. The van der Waals surface area contributed by atoms with Crippen LogP contribution in [-0.2, 0) is 4.74 Å². The first-order chi connectivity index (χ1) is 5.79. The predicted molar refractivity (Wildman–Crippen MR) is 54.5 cm³/mol. The fourth-order valence-electron chi connectivity index (χ4n) is 1.36. The van der Waals surface area contributed by atoms with Crippen molar-refractivity contribution in [2.45, 2.75) is 25.3 Å². The molecule has 0 saturated carbocycles. The van der Waals surface area contributed by atoms with Crippen LogP contribution in [-0.4, -0.2) is 25.8 Å². The largest absolute Gasteiger partial charge is 0.381 e. The van der Waals surface area contributed by atoms with Crippen molar-refractivity contribution in [3.63, 3.8) is 0 Å². The summed E-state index contributed by atoms with van der Waals surface area (Å²) in [6, 6.07) is 0.613. The van der Waals surface area contributed by atoms with E-state index in [1.165, 1.54) is 12.8 Å². The molecule has 3 heteroatoms. The Morgan fingerprint density at radius 1 is 1.50 bits per heavy atom. The van der Waals surface area contributed by atoms with E-state index in [0.29, 0.717) is 6.04 Å². The third-order valence-corrected chi connectivity index (χ3v) is 2.31. The van der Waals surface area contributed by atoms with Crippen LogP contribution in [0.4, 0.5) is 0 Å². The van der Waals surface area contributed by atoms with Crippen LogP contribution < -0.4 is 5.32 Å². The van der Waals surface area contributed by atoms with Crippen molar-refractivity contribution in [1.29, 1.82) is 0 Å². The molecule has 0 amide bonds. The SMILES string of the molecule is C=C(Br)CNC1CCCOCC1. The molecule has 0 aromatic rings. The van der Waals surface area contributed by atoms with E-state index in [-0.39, 0.29) is 0 Å². The lowest BCUT2D eigenvalue weighted by Crippen LogP contribution is -2.30. The second-order valence-corrected chi connectivity index (χ2v) is 4.26. The molecule has 0 radical (unpaired) electrons. The van der Waals surface area contributed by atoms with Gasteiger partial charge in [0.15, 0.2) is 0 Å². The number of halogens is 1. The minimum atomic E-state index is 0.613. The number of ether oxygens (including phenoxy) is 1. The van der Waals surface area contributed by atoms with E-state index in [4.69, 9.17) is 4.74 Å². The number of hydrogen-bond acceptors (Lipinski definition) is 2. The Morgan fingerprint density at radius 3 is 3.08 bits per heavy atom. The van der Waals surface area contributed by atoms with Crippen LogP contribution in [0.5, 0.6) is 0 Å². The lowest BCUT2D eigenvalue weighted by Gasteiger charge is -2.14. The van der Waals surface area contributed by atoms with Crippen molar-refractivity contribution in [2.75, 3.05) is 19.8 Å². The van der Waals surface area contributed by atoms with Gasteiger partial charge in [-0.1, -0.05) is 22.5 Å². The normalized spacial score (nSPS) is 24.9. The first kappa shape index (κ1) is 10.2. The van der Waals surface area contributed by atoms with Crippen LogP contribution in [0.15, 0.2) is 11.1 Å². The van der Waals surface area contributed by atoms with Gasteiger partial charge in [0.1, 0.15) is 0 Å². The minimum absolute atomic E-state index is 0.613. The molecule has 1 saturated heterocycles. The summed E-state index contributed by atoms with van der Waals surface area (Å²) in [4.78, 5) is 0. The standard InChI is InChI=1S/C9H16BrNO/c1-8(10)7-11-9-3-2-5-12-6-4-9/h9,11H,1-7H2. The third-order valence-electron chi connectivity index (χ3n) is 2.03. The van der Waals surface area contributed by atoms with Gasteiger partial charge in [-0.25, -0.2) is 0 Å². The molecule has 0 aromatic heterocycles. The molecule has 1 unspecified atom stereocenters. The number of hydrogen-bond donors (Lipinski definition) is 1. The van der Waals surface area contributed by atoms with Crippen LogP contribution in [0.25, 0.3) is 0 Å². The van der Waals surface area contributed by atoms with Gasteiger partial charge in [0.25, 0.3) is 0 Å². The minimum Gasteiger partial charge on any atom is -0.381 e. The quantitative estimate of drug-likeness (QED) is 0.806. The molecule has 2 nitrogen and oxygen atoms in total. The first-order valence-corrected chi connectivity index (χ1v) is 5.23. The summed E-state index contributed by atoms with van der Waals surface area (Å²) in [7, 11) is 0. The van der Waals surface area contributed by atoms with E-state index in [2.05, 4.69) is 27.8 Å². The molecule has 0 aliphatic carbocycles. The van der Waals surface area contributed by atoms with Crippen molar-refractivity contribution >= 4 is 15.9 Å². The molecule has 12 heavy (non-hydrogen) atoms. The van der Waals surface area contributed by atoms with Crippen molar-refractivity contribution in [3.8, 4) is 0 Å². The van der Waals surface area contributed by atoms with E-state index in [9.17, 15) is 0 Å². The zero-order chi connectivity index (χ0) is 8.81. The maximum absolute atomic E-state index is 5.36. The van der Waals surface area contributed by atoms with Gasteiger partial charge < -0.3 is 10.1 Å². The molecule has 1 fully saturated rings. The van der Waals surface area contributed by atoms with Crippen molar-refractivity contribution in [2.24, 2.45) is 0 Å². The highest BCUT2D eigenvalue weighted by molar-refractivity contribution is 9.11. The molecule has 1 rings (SSSR count). The number of nitrogens with one attached hydrogen (secondary N) is 1. The highest BCUT2D eigenvalue weighted by atomic mass is 79.9. The highest BCUT2D eigenvalue weighted by Gasteiger charge is 2.10. The van der Waals surface area contributed by atoms with E-state index < -0.39 is 0 Å². The Morgan fingerprint density at radius 2 is 2.33 bits per heavy atom. The van der Waals surface area contributed by atoms with Gasteiger partial charge in [0, 0.05) is 30.3 Å². The van der Waals surface area contributed by atoms with Crippen LogP contribution in [0.1, 0.15) is 19.3 Å². The third kappa shape index (κ3) is 4.24. The van der Waals surface area contributed by atoms with Crippen LogP contribution in [0, 0.1) is 0 Å². The van der Waals surface area contributed by atoms with Gasteiger partial charge >= 0.3 is 0 Å². The van der Waals surface area contributed by atoms with Crippen molar-refractivity contribution < 1.29 is 4.74 Å². The summed E-state index contributed by atoms with van der Waals surface area (Å²) in [6.07, 6.45) is 3.52. The van der Waals surface area contributed by atoms with Crippen LogP contribution >= 0.6 is 15.9 Å². The summed E-state index contributed by atoms with van der Waals surface area (Å²) >= 11 is 3.33. The Kier molecular flexibility index (Phi) is 4.88. The summed E-state index contributed by atoms with van der Waals surface area (Å²) in [5, 5.41) is 3.43. The Labute approximate surface area is 82.5 Å². The Balaban J connectivity index is 2.16. The average Bonchev–Trinajstić information content (AvgIpc) is 2.28. The van der Waals surface area contributed by atoms with E-state index >= 15 is 0 Å². The topological polar surface area (TPSA) is 21.3 Å². The zero-order valence-corrected chi connectivity index (χ0v) is 8.90. The predicted octanol–water partition coefficient (Wildman–Crippen LogP) is 2.05.